The Bertz CT molecular complexity index is 3200. The Morgan fingerprint density at radius 2 is 1.25 bits per heavy atom. The van der Waals surface area contributed by atoms with Crippen LogP contribution in [-0.4, -0.2) is 112 Å². The van der Waals surface area contributed by atoms with Crippen LogP contribution >= 0.6 is 11.8 Å². The van der Waals surface area contributed by atoms with Crippen LogP contribution in [0.1, 0.15) is 91.4 Å². The third kappa shape index (κ3) is 14.2. The highest BCUT2D eigenvalue weighted by Gasteiger charge is 2.68. The van der Waals surface area contributed by atoms with Crippen LogP contribution in [0.4, 0.5) is 42.8 Å². The summed E-state index contributed by atoms with van der Waals surface area (Å²) in [5.74, 6) is 1.13. The summed E-state index contributed by atoms with van der Waals surface area (Å²) in [5, 5.41) is 36.4. The Kier molecular flexibility index (Phi) is 20.1. The molecule has 4 saturated carbocycles. The fraction of sp³-hybridized carbons (Fsp3) is 0.524. The molecule has 0 aromatic heterocycles. The molecule has 4 aliphatic rings. The summed E-state index contributed by atoms with van der Waals surface area (Å²) >= 11 is 1.82. The topological polar surface area (TPSA) is 249 Å². The quantitative estimate of drug-likeness (QED) is 0.0181. The summed E-state index contributed by atoms with van der Waals surface area (Å²) in [6, 6.07) is 30.8. The van der Waals surface area contributed by atoms with E-state index in [4.69, 9.17) is 27.5 Å². The minimum Gasteiger partial charge on any atom is -0.446 e. The molecule has 22 heteroatoms. The number of nitro groups is 2. The van der Waals surface area contributed by atoms with Crippen molar-refractivity contribution >= 4 is 94.7 Å². The minimum atomic E-state index is -2.63. The SMILES string of the molecule is CO[Si](CCCSCCCN(C)C(=O)CC[C@@H](C)[C@H]1CC[C@H]2[C@@H]3[C@H](OC(=O)Nc4ccc5ccccc5c4)CC4C[C@H](OC(=O)Nc5ccc6ccccc6c5)CC[C@]4(C)[C@H]3C[C@H](OC(=O)Nc3cc([N+](=O)[O-])cc([N+](=O)[O-])c3)[C@]12C)(OC)OC. The first-order chi connectivity index (χ1) is 40.8. The van der Waals surface area contributed by atoms with Crippen LogP contribution in [0.3, 0.4) is 0 Å². The number of non-ortho nitro benzene ring substituents is 2. The predicted molar refractivity (Wildman–Crippen MR) is 329 cm³/mol. The lowest BCUT2D eigenvalue weighted by atomic mass is 9.43. The zero-order valence-corrected chi connectivity index (χ0v) is 51.4. The largest absolute Gasteiger partial charge is 0.500 e. The number of nitro benzene ring substituents is 2. The Balaban J connectivity index is 0.962. The smallest absolute Gasteiger partial charge is 0.446 e. The lowest BCUT2D eigenvalue weighted by Gasteiger charge is -2.64. The average Bonchev–Trinajstić information content (AvgIpc) is 1.71. The third-order valence-corrected chi connectivity index (χ3v) is 23.5. The lowest BCUT2D eigenvalue weighted by Crippen LogP contribution is -2.63. The molecular weight excluding hydrogens is 1120 g/mol. The van der Waals surface area contributed by atoms with Crippen molar-refractivity contribution in [3.8, 4) is 0 Å². The van der Waals surface area contributed by atoms with E-state index in [0.29, 0.717) is 62.9 Å². The van der Waals surface area contributed by atoms with E-state index in [1.165, 1.54) is 0 Å². The van der Waals surface area contributed by atoms with Gasteiger partial charge in [-0.2, -0.15) is 11.8 Å². The van der Waals surface area contributed by atoms with Crippen LogP contribution in [0.2, 0.25) is 6.04 Å². The highest BCUT2D eigenvalue weighted by Crippen LogP contribution is 2.69. The summed E-state index contributed by atoms with van der Waals surface area (Å²) in [5.41, 5.74) is -1.26. The van der Waals surface area contributed by atoms with Crippen LogP contribution in [-0.2, 0) is 32.3 Å². The molecule has 4 amide bonds. The van der Waals surface area contributed by atoms with Crippen molar-refractivity contribution in [3.05, 3.63) is 123 Å². The van der Waals surface area contributed by atoms with Crippen molar-refractivity contribution in [1.29, 1.82) is 0 Å². The van der Waals surface area contributed by atoms with Crippen LogP contribution < -0.4 is 16.0 Å². The minimum absolute atomic E-state index is 0.0224. The maximum Gasteiger partial charge on any atom is 0.500 e. The Morgan fingerprint density at radius 3 is 1.85 bits per heavy atom. The van der Waals surface area contributed by atoms with E-state index in [9.17, 15) is 39.4 Å². The maximum atomic E-state index is 14.4. The second-order valence-electron chi connectivity index (χ2n) is 24.1. The second-order valence-corrected chi connectivity index (χ2v) is 28.4. The fourth-order valence-electron chi connectivity index (χ4n) is 15.1. The summed E-state index contributed by atoms with van der Waals surface area (Å²) < 4.78 is 36.3. The second kappa shape index (κ2) is 27.2. The average molecular weight is 1210 g/mol. The molecule has 11 atom stereocenters. The molecule has 0 heterocycles. The molecule has 1 unspecified atom stereocenters. The third-order valence-electron chi connectivity index (χ3n) is 19.5. The number of amides is 4. The first-order valence-electron chi connectivity index (χ1n) is 29.6. The molecule has 0 saturated heterocycles. The molecule has 5 aromatic carbocycles. The lowest BCUT2D eigenvalue weighted by molar-refractivity contribution is -0.394. The van der Waals surface area contributed by atoms with Crippen LogP contribution in [0, 0.1) is 66.6 Å². The van der Waals surface area contributed by atoms with Crippen molar-refractivity contribution < 1.29 is 56.5 Å². The molecule has 456 valence electrons. The van der Waals surface area contributed by atoms with Gasteiger partial charge in [0.25, 0.3) is 11.4 Å². The van der Waals surface area contributed by atoms with E-state index in [1.54, 1.807) is 26.2 Å². The number of carbonyl (C=O) groups is 4. The van der Waals surface area contributed by atoms with E-state index in [-0.39, 0.29) is 47.1 Å². The number of hydrogen-bond acceptors (Lipinski definition) is 15. The highest BCUT2D eigenvalue weighted by atomic mass is 32.2. The van der Waals surface area contributed by atoms with Gasteiger partial charge >= 0.3 is 27.1 Å². The molecule has 0 radical (unpaired) electrons. The van der Waals surface area contributed by atoms with Gasteiger partial charge in [-0.3, -0.25) is 41.0 Å². The molecule has 85 heavy (non-hydrogen) atoms. The number of thioether (sulfide) groups is 1. The van der Waals surface area contributed by atoms with E-state index in [1.807, 2.05) is 104 Å². The van der Waals surface area contributed by atoms with Crippen LogP contribution in [0.5, 0.6) is 0 Å². The van der Waals surface area contributed by atoms with Crippen molar-refractivity contribution in [1.82, 2.24) is 4.90 Å². The number of anilines is 3. The number of ether oxygens (including phenoxy) is 3. The van der Waals surface area contributed by atoms with Gasteiger partial charge in [-0.1, -0.05) is 81.4 Å². The van der Waals surface area contributed by atoms with Crippen molar-refractivity contribution in [2.24, 2.45) is 46.3 Å². The van der Waals surface area contributed by atoms with Gasteiger partial charge in [0.1, 0.15) is 18.3 Å². The molecule has 3 N–H and O–H groups in total. The van der Waals surface area contributed by atoms with Crippen molar-refractivity contribution in [3.63, 3.8) is 0 Å². The van der Waals surface area contributed by atoms with E-state index in [2.05, 4.69) is 36.7 Å². The van der Waals surface area contributed by atoms with Gasteiger partial charge in [-0.05, 0) is 157 Å². The number of carbonyl (C=O) groups excluding carboxylic acids is 4. The van der Waals surface area contributed by atoms with Gasteiger partial charge in [0, 0.05) is 82.2 Å². The number of nitrogens with zero attached hydrogens (tertiary/aromatic N) is 3. The number of benzene rings is 5. The molecule has 20 nitrogen and oxygen atoms in total. The van der Waals surface area contributed by atoms with Gasteiger partial charge in [0.2, 0.25) is 5.91 Å². The first kappa shape index (κ1) is 62.7. The Morgan fingerprint density at radius 1 is 0.682 bits per heavy atom. The Labute approximate surface area is 501 Å². The first-order valence-corrected chi connectivity index (χ1v) is 32.7. The molecule has 9 rings (SSSR count). The Hall–Kier alpha value is -6.85. The zero-order valence-electron chi connectivity index (χ0n) is 49.6. The summed E-state index contributed by atoms with van der Waals surface area (Å²) in [4.78, 5) is 80.5. The van der Waals surface area contributed by atoms with E-state index in [0.717, 1.165) is 83.0 Å². The maximum absolute atomic E-state index is 14.4. The van der Waals surface area contributed by atoms with Gasteiger partial charge in [0.15, 0.2) is 0 Å². The fourth-order valence-corrected chi connectivity index (χ4v) is 17.9. The molecule has 5 aromatic rings. The normalized spacial score (nSPS) is 25.5. The van der Waals surface area contributed by atoms with Crippen molar-refractivity contribution in [2.45, 2.75) is 116 Å². The molecule has 0 bridgehead atoms. The summed E-state index contributed by atoms with van der Waals surface area (Å²) in [7, 11) is 4.06. The monoisotopic (exact) mass is 1200 g/mol. The summed E-state index contributed by atoms with van der Waals surface area (Å²) in [6.45, 7) is 7.19. The van der Waals surface area contributed by atoms with Crippen LogP contribution in [0.15, 0.2) is 103 Å². The molecule has 0 spiro atoms. The summed E-state index contributed by atoms with van der Waals surface area (Å²) in [6.07, 6.45) is 2.77. The van der Waals surface area contributed by atoms with Gasteiger partial charge < -0.3 is 32.4 Å². The molecule has 0 aliphatic heterocycles. The standard InChI is InChI=1S/C63H80N6O14SSi/c1-40(18-25-57(70)67(4)28-12-29-84-30-13-31-85(78-5,79-6)80-7)52-23-24-53-58-54(39-56(63(52,53)3)83-61(73)66-48-36-49(68(74)75)38-50(37-48)69(76)77)62(2)27-26-51(81-59(71)64-46-21-19-41-14-8-10-16-43(41)32-46)34-45(62)35-55(58)82-60(72)65-47-22-20-42-15-9-11-17-44(42)33-47/h8-11,14-17,19-22,32-33,36-38,40,45,51-56,58H,12-13,18,23-31,34-35,39H2,1-7H3,(H,64,71)(H,65,72)(H,66,73)/t40-,45?,51-,52-,53+,54+,55-,56+,58+,62+,63-/m1/s1. The van der Waals surface area contributed by atoms with Crippen molar-refractivity contribution in [2.75, 3.05) is 62.4 Å². The van der Waals surface area contributed by atoms with E-state index < -0.39 is 77.4 Å². The van der Waals surface area contributed by atoms with Gasteiger partial charge in [-0.15, -0.1) is 0 Å². The van der Waals surface area contributed by atoms with Crippen LogP contribution in [0.25, 0.3) is 21.5 Å². The number of nitrogens with one attached hydrogen (secondary N) is 3. The van der Waals surface area contributed by atoms with Gasteiger partial charge in [0.05, 0.1) is 21.6 Å². The van der Waals surface area contributed by atoms with Gasteiger partial charge in [-0.25, -0.2) is 14.4 Å². The highest BCUT2D eigenvalue weighted by molar-refractivity contribution is 7.99. The van der Waals surface area contributed by atoms with E-state index >= 15 is 0 Å². The zero-order chi connectivity index (χ0) is 60.6. The number of rotatable bonds is 23. The molecule has 4 fully saturated rings. The molecule has 4 aliphatic carbocycles. The molecular formula is C63H80N6O14SSi. The predicted octanol–water partition coefficient (Wildman–Crippen LogP) is 14.1. The number of fused-ring (bicyclic) bond motifs is 7. The number of hydrogen-bond donors (Lipinski definition) is 3.